The molecule has 2 amide bonds. The van der Waals surface area contributed by atoms with Crippen molar-refractivity contribution in [2.24, 2.45) is 0 Å². The number of thioether (sulfide) groups is 1. The maximum absolute atomic E-state index is 12.1. The quantitative estimate of drug-likeness (QED) is 0.571. The molecule has 1 rings (SSSR count). The summed E-state index contributed by atoms with van der Waals surface area (Å²) in [5.74, 6) is 0. The van der Waals surface area contributed by atoms with Crippen LogP contribution in [-0.2, 0) is 0 Å². The molecule has 1 aromatic carbocycles. The Bertz CT molecular complexity index is 395. The number of benzene rings is 1. The Morgan fingerprint density at radius 1 is 1.25 bits per heavy atom. The Hall–Kier alpha value is -1.20. The number of rotatable bonds is 8. The number of nitrogens with one attached hydrogen (secondary N) is 1. The first-order valence-corrected chi connectivity index (χ1v) is 8.24. The van der Waals surface area contributed by atoms with Crippen molar-refractivity contribution >= 4 is 23.5 Å². The first kappa shape index (κ1) is 16.9. The zero-order chi connectivity index (χ0) is 14.8. The van der Waals surface area contributed by atoms with E-state index in [4.69, 9.17) is 5.11 Å². The van der Waals surface area contributed by atoms with Gasteiger partial charge in [0.1, 0.15) is 0 Å². The molecule has 2 N–H and O–H groups in total. The van der Waals surface area contributed by atoms with Gasteiger partial charge in [0.05, 0.1) is 6.61 Å². The normalized spacial score (nSPS) is 10.3. The summed E-state index contributed by atoms with van der Waals surface area (Å²) in [6.45, 7) is 3.18. The first-order chi connectivity index (χ1) is 9.71. The minimum absolute atomic E-state index is 0.00897. The minimum atomic E-state index is -0.146. The molecule has 0 atom stereocenters. The van der Waals surface area contributed by atoms with Crippen LogP contribution in [0.2, 0.25) is 0 Å². The highest BCUT2D eigenvalue weighted by Crippen LogP contribution is 2.17. The molecule has 4 nitrogen and oxygen atoms in total. The molecule has 0 spiro atoms. The third-order valence-corrected chi connectivity index (χ3v) is 3.77. The highest BCUT2D eigenvalue weighted by molar-refractivity contribution is 7.98. The van der Waals surface area contributed by atoms with Crippen molar-refractivity contribution in [3.63, 3.8) is 0 Å². The number of urea groups is 1. The molecule has 20 heavy (non-hydrogen) atoms. The molecule has 0 radical (unpaired) electrons. The lowest BCUT2D eigenvalue weighted by atomic mass is 10.2. The van der Waals surface area contributed by atoms with E-state index in [0.717, 1.165) is 29.8 Å². The standard InChI is InChI=1S/C15H24N2O2S/c1-3-4-5-10-17(11-12-18)15(19)16-13-6-8-14(20-2)9-7-13/h6-9,18H,3-5,10-12H2,1-2H3,(H,16,19). The van der Waals surface area contributed by atoms with E-state index in [0.29, 0.717) is 13.1 Å². The average molecular weight is 296 g/mol. The number of anilines is 1. The monoisotopic (exact) mass is 296 g/mol. The van der Waals surface area contributed by atoms with Crippen LogP contribution in [0.25, 0.3) is 0 Å². The summed E-state index contributed by atoms with van der Waals surface area (Å²) in [6.07, 6.45) is 5.20. The van der Waals surface area contributed by atoms with Crippen LogP contribution in [0.1, 0.15) is 26.2 Å². The number of carbonyl (C=O) groups excluding carboxylic acids is 1. The summed E-state index contributed by atoms with van der Waals surface area (Å²) in [5, 5.41) is 11.9. The average Bonchev–Trinajstić information content (AvgIpc) is 2.47. The van der Waals surface area contributed by atoms with Crippen LogP contribution < -0.4 is 5.32 Å². The van der Waals surface area contributed by atoms with Crippen molar-refractivity contribution in [1.82, 2.24) is 4.90 Å². The Kier molecular flexibility index (Phi) is 8.14. The van der Waals surface area contributed by atoms with E-state index in [9.17, 15) is 4.79 Å². The lowest BCUT2D eigenvalue weighted by molar-refractivity contribution is 0.187. The molecule has 0 aliphatic carbocycles. The van der Waals surface area contributed by atoms with Gasteiger partial charge in [-0.2, -0.15) is 0 Å². The van der Waals surface area contributed by atoms with Gasteiger partial charge < -0.3 is 15.3 Å². The minimum Gasteiger partial charge on any atom is -0.395 e. The summed E-state index contributed by atoms with van der Waals surface area (Å²) in [6, 6.07) is 7.61. The zero-order valence-electron chi connectivity index (χ0n) is 12.3. The highest BCUT2D eigenvalue weighted by Gasteiger charge is 2.12. The second kappa shape index (κ2) is 9.66. The highest BCUT2D eigenvalue weighted by atomic mass is 32.2. The van der Waals surface area contributed by atoms with E-state index in [1.807, 2.05) is 30.5 Å². The number of carbonyl (C=O) groups is 1. The molecular weight excluding hydrogens is 272 g/mol. The predicted molar refractivity (Wildman–Crippen MR) is 85.4 cm³/mol. The fourth-order valence-electron chi connectivity index (χ4n) is 1.87. The molecule has 0 bridgehead atoms. The molecule has 1 aromatic rings. The van der Waals surface area contributed by atoms with Gasteiger partial charge in [0, 0.05) is 23.7 Å². The van der Waals surface area contributed by atoms with Crippen molar-refractivity contribution in [3.8, 4) is 0 Å². The Morgan fingerprint density at radius 3 is 2.50 bits per heavy atom. The fraction of sp³-hybridized carbons (Fsp3) is 0.533. The van der Waals surface area contributed by atoms with Crippen LogP contribution >= 0.6 is 11.8 Å². The topological polar surface area (TPSA) is 52.6 Å². The molecule has 0 saturated heterocycles. The van der Waals surface area contributed by atoms with Gasteiger partial charge in [0.2, 0.25) is 0 Å². The van der Waals surface area contributed by atoms with Gasteiger partial charge in [0.15, 0.2) is 0 Å². The fourth-order valence-corrected chi connectivity index (χ4v) is 2.27. The summed E-state index contributed by atoms with van der Waals surface area (Å²) in [4.78, 5) is 15.0. The molecular formula is C15H24N2O2S. The summed E-state index contributed by atoms with van der Waals surface area (Å²) in [7, 11) is 0. The lowest BCUT2D eigenvalue weighted by Gasteiger charge is -2.22. The van der Waals surface area contributed by atoms with Gasteiger partial charge >= 0.3 is 6.03 Å². The van der Waals surface area contributed by atoms with Gasteiger partial charge in [-0.1, -0.05) is 19.8 Å². The number of hydrogen-bond donors (Lipinski definition) is 2. The van der Waals surface area contributed by atoms with Crippen LogP contribution in [0.3, 0.4) is 0 Å². The second-order valence-corrected chi connectivity index (χ2v) is 5.46. The number of hydrogen-bond acceptors (Lipinski definition) is 3. The van der Waals surface area contributed by atoms with E-state index < -0.39 is 0 Å². The number of aliphatic hydroxyl groups excluding tert-OH is 1. The molecule has 0 aliphatic heterocycles. The number of aliphatic hydroxyl groups is 1. The van der Waals surface area contributed by atoms with E-state index in [-0.39, 0.29) is 12.6 Å². The van der Waals surface area contributed by atoms with Crippen LogP contribution in [0.15, 0.2) is 29.2 Å². The summed E-state index contributed by atoms with van der Waals surface area (Å²) >= 11 is 1.67. The van der Waals surface area contributed by atoms with E-state index >= 15 is 0 Å². The van der Waals surface area contributed by atoms with Gasteiger partial charge in [-0.05, 0) is 36.9 Å². The van der Waals surface area contributed by atoms with Gasteiger partial charge in [-0.25, -0.2) is 4.79 Å². The zero-order valence-corrected chi connectivity index (χ0v) is 13.1. The van der Waals surface area contributed by atoms with Crippen LogP contribution in [-0.4, -0.2) is 42.0 Å². The Labute approximate surface area is 125 Å². The smallest absolute Gasteiger partial charge is 0.321 e. The first-order valence-electron chi connectivity index (χ1n) is 7.02. The number of amides is 2. The summed E-state index contributed by atoms with van der Waals surface area (Å²) < 4.78 is 0. The van der Waals surface area contributed by atoms with E-state index in [2.05, 4.69) is 12.2 Å². The number of unbranched alkanes of at least 4 members (excludes halogenated alkanes) is 2. The van der Waals surface area contributed by atoms with Crippen LogP contribution in [0.4, 0.5) is 10.5 Å². The third kappa shape index (κ3) is 5.84. The lowest BCUT2D eigenvalue weighted by Crippen LogP contribution is -2.37. The molecule has 5 heteroatoms. The van der Waals surface area contributed by atoms with Gasteiger partial charge in [-0.3, -0.25) is 0 Å². The van der Waals surface area contributed by atoms with Gasteiger partial charge in [0.25, 0.3) is 0 Å². The van der Waals surface area contributed by atoms with Crippen LogP contribution in [0, 0.1) is 0 Å². The van der Waals surface area contributed by atoms with E-state index in [1.54, 1.807) is 16.7 Å². The maximum Gasteiger partial charge on any atom is 0.321 e. The molecule has 0 fully saturated rings. The Morgan fingerprint density at radius 2 is 1.95 bits per heavy atom. The SMILES string of the molecule is CCCCCN(CCO)C(=O)Nc1ccc(SC)cc1. The molecule has 0 heterocycles. The van der Waals surface area contributed by atoms with Crippen molar-refractivity contribution in [1.29, 1.82) is 0 Å². The molecule has 0 aromatic heterocycles. The van der Waals surface area contributed by atoms with Crippen molar-refractivity contribution in [3.05, 3.63) is 24.3 Å². The third-order valence-electron chi connectivity index (χ3n) is 3.03. The van der Waals surface area contributed by atoms with Crippen molar-refractivity contribution in [2.45, 2.75) is 31.1 Å². The predicted octanol–water partition coefficient (Wildman–Crippen LogP) is 3.42. The Balaban J connectivity index is 2.54. The van der Waals surface area contributed by atoms with E-state index in [1.165, 1.54) is 0 Å². The second-order valence-electron chi connectivity index (χ2n) is 4.58. The van der Waals surface area contributed by atoms with Gasteiger partial charge in [-0.15, -0.1) is 11.8 Å². The molecule has 0 unspecified atom stereocenters. The van der Waals surface area contributed by atoms with Crippen molar-refractivity contribution < 1.29 is 9.90 Å². The van der Waals surface area contributed by atoms with Crippen LogP contribution in [0.5, 0.6) is 0 Å². The molecule has 0 saturated carbocycles. The maximum atomic E-state index is 12.1. The summed E-state index contributed by atoms with van der Waals surface area (Å²) in [5.41, 5.74) is 0.784. The number of nitrogens with zero attached hydrogens (tertiary/aromatic N) is 1. The molecule has 112 valence electrons. The largest absolute Gasteiger partial charge is 0.395 e. The molecule has 0 aliphatic rings. The van der Waals surface area contributed by atoms with Crippen molar-refractivity contribution in [2.75, 3.05) is 31.3 Å².